The lowest BCUT2D eigenvalue weighted by molar-refractivity contribution is 0.432. The van der Waals surface area contributed by atoms with Crippen LogP contribution in [0.5, 0.6) is 0 Å². The molecule has 0 aliphatic rings. The second kappa shape index (κ2) is 3.06. The number of rotatable bonds is 1. The van der Waals surface area contributed by atoms with E-state index >= 15 is 0 Å². The maximum Gasteiger partial charge on any atom is 0.261 e. The number of anilines is 1. The van der Waals surface area contributed by atoms with E-state index in [1.807, 2.05) is 19.9 Å². The van der Waals surface area contributed by atoms with Crippen LogP contribution in [-0.2, 0) is 0 Å². The van der Waals surface area contributed by atoms with Crippen molar-refractivity contribution >= 4 is 5.95 Å². The molecule has 0 aliphatic heterocycles. The van der Waals surface area contributed by atoms with E-state index in [1.54, 1.807) is 0 Å². The molecule has 72 valence electrons. The fourth-order valence-electron chi connectivity index (χ4n) is 1.11. The van der Waals surface area contributed by atoms with Gasteiger partial charge in [0.15, 0.2) is 0 Å². The Labute approximate surface area is 80.2 Å². The number of nitrogen functional groups attached to an aromatic ring is 1. The molecule has 6 nitrogen and oxygen atoms in total. The van der Waals surface area contributed by atoms with Gasteiger partial charge >= 0.3 is 0 Å². The van der Waals surface area contributed by atoms with Gasteiger partial charge in [0.25, 0.3) is 11.8 Å². The van der Waals surface area contributed by atoms with Gasteiger partial charge in [0.05, 0.1) is 17.0 Å². The molecule has 2 heterocycles. The SMILES string of the molecule is Cc1cc(-c2nc(N)no2)c(C)nn1. The maximum absolute atomic E-state index is 5.35. The van der Waals surface area contributed by atoms with E-state index < -0.39 is 0 Å². The van der Waals surface area contributed by atoms with E-state index in [1.165, 1.54) is 0 Å². The first-order chi connectivity index (χ1) is 6.66. The molecule has 0 saturated carbocycles. The number of aromatic nitrogens is 4. The Morgan fingerprint density at radius 1 is 1.29 bits per heavy atom. The summed E-state index contributed by atoms with van der Waals surface area (Å²) in [5.41, 5.74) is 7.65. The number of hydrogen-bond donors (Lipinski definition) is 1. The van der Waals surface area contributed by atoms with Crippen LogP contribution in [0, 0.1) is 13.8 Å². The Morgan fingerprint density at radius 2 is 2.07 bits per heavy atom. The summed E-state index contributed by atoms with van der Waals surface area (Å²) < 4.78 is 4.93. The van der Waals surface area contributed by atoms with Crippen molar-refractivity contribution in [2.75, 3.05) is 5.73 Å². The molecule has 0 radical (unpaired) electrons. The Balaban J connectivity index is 2.55. The standard InChI is InChI=1S/C8H9N5O/c1-4-3-6(5(2)12-11-4)7-10-8(9)13-14-7/h3H,1-2H3,(H2,9,13). The van der Waals surface area contributed by atoms with Gasteiger partial charge in [-0.2, -0.15) is 15.2 Å². The normalized spacial score (nSPS) is 10.4. The summed E-state index contributed by atoms with van der Waals surface area (Å²) >= 11 is 0. The lowest BCUT2D eigenvalue weighted by atomic mass is 10.2. The lowest BCUT2D eigenvalue weighted by Gasteiger charge is -1.98. The number of nitrogens with zero attached hydrogens (tertiary/aromatic N) is 4. The topological polar surface area (TPSA) is 90.7 Å². The summed E-state index contributed by atoms with van der Waals surface area (Å²) in [5, 5.41) is 11.4. The summed E-state index contributed by atoms with van der Waals surface area (Å²) in [6, 6.07) is 1.83. The Kier molecular flexibility index (Phi) is 1.88. The number of hydrogen-bond acceptors (Lipinski definition) is 6. The van der Waals surface area contributed by atoms with Crippen LogP contribution in [0.2, 0.25) is 0 Å². The van der Waals surface area contributed by atoms with Crippen molar-refractivity contribution < 1.29 is 4.52 Å². The predicted octanol–water partition coefficient (Wildman–Crippen LogP) is 0.726. The zero-order valence-electron chi connectivity index (χ0n) is 7.85. The highest BCUT2D eigenvalue weighted by Crippen LogP contribution is 2.20. The average molecular weight is 191 g/mol. The molecule has 2 N–H and O–H groups in total. The van der Waals surface area contributed by atoms with Crippen LogP contribution in [-0.4, -0.2) is 20.3 Å². The van der Waals surface area contributed by atoms with Crippen LogP contribution in [0.25, 0.3) is 11.5 Å². The van der Waals surface area contributed by atoms with Crippen molar-refractivity contribution in [3.63, 3.8) is 0 Å². The van der Waals surface area contributed by atoms with Crippen molar-refractivity contribution in [2.24, 2.45) is 0 Å². The highest BCUT2D eigenvalue weighted by atomic mass is 16.5. The monoisotopic (exact) mass is 191 g/mol. The zero-order chi connectivity index (χ0) is 10.1. The fourth-order valence-corrected chi connectivity index (χ4v) is 1.11. The second-order valence-corrected chi connectivity index (χ2v) is 2.94. The molecule has 0 fully saturated rings. The molecule has 0 aliphatic carbocycles. The van der Waals surface area contributed by atoms with Gasteiger partial charge in [-0.1, -0.05) is 0 Å². The summed E-state index contributed by atoms with van der Waals surface area (Å²) in [6.07, 6.45) is 0. The second-order valence-electron chi connectivity index (χ2n) is 2.94. The van der Waals surface area contributed by atoms with Crippen molar-refractivity contribution in [2.45, 2.75) is 13.8 Å². The quantitative estimate of drug-likeness (QED) is 0.714. The minimum atomic E-state index is 0.119. The van der Waals surface area contributed by atoms with Crippen molar-refractivity contribution in [3.05, 3.63) is 17.5 Å². The summed E-state index contributed by atoms with van der Waals surface area (Å²) in [6.45, 7) is 3.66. The van der Waals surface area contributed by atoms with E-state index in [0.717, 1.165) is 17.0 Å². The van der Waals surface area contributed by atoms with Crippen LogP contribution in [0.3, 0.4) is 0 Å². The number of nitrogens with two attached hydrogens (primary N) is 1. The molecule has 2 rings (SSSR count). The third kappa shape index (κ3) is 1.41. The van der Waals surface area contributed by atoms with E-state index in [4.69, 9.17) is 10.3 Å². The smallest absolute Gasteiger partial charge is 0.261 e. The lowest BCUT2D eigenvalue weighted by Crippen LogP contribution is -1.94. The minimum Gasteiger partial charge on any atom is -0.365 e. The minimum absolute atomic E-state index is 0.119. The molecule has 0 spiro atoms. The first-order valence-corrected chi connectivity index (χ1v) is 4.07. The van der Waals surface area contributed by atoms with Crippen LogP contribution in [0.15, 0.2) is 10.6 Å². The first kappa shape index (κ1) is 8.61. The third-order valence-corrected chi connectivity index (χ3v) is 1.77. The maximum atomic E-state index is 5.35. The molecule has 2 aromatic heterocycles. The molecule has 0 unspecified atom stereocenters. The van der Waals surface area contributed by atoms with Crippen LogP contribution in [0.4, 0.5) is 5.95 Å². The first-order valence-electron chi connectivity index (χ1n) is 4.07. The van der Waals surface area contributed by atoms with Crippen LogP contribution < -0.4 is 5.73 Å². The molecular formula is C8H9N5O. The van der Waals surface area contributed by atoms with Gasteiger partial charge in [0.2, 0.25) is 0 Å². The molecular weight excluding hydrogens is 182 g/mol. The van der Waals surface area contributed by atoms with Gasteiger partial charge in [0, 0.05) is 0 Å². The van der Waals surface area contributed by atoms with E-state index in [-0.39, 0.29) is 5.95 Å². The molecule has 0 saturated heterocycles. The fraction of sp³-hybridized carbons (Fsp3) is 0.250. The molecule has 0 bridgehead atoms. The van der Waals surface area contributed by atoms with Crippen LogP contribution >= 0.6 is 0 Å². The largest absolute Gasteiger partial charge is 0.365 e. The van der Waals surface area contributed by atoms with Gasteiger partial charge in [-0.3, -0.25) is 0 Å². The molecule has 2 aromatic rings. The molecule has 0 aromatic carbocycles. The van der Waals surface area contributed by atoms with Gasteiger partial charge in [-0.05, 0) is 25.1 Å². The van der Waals surface area contributed by atoms with Crippen LogP contribution in [0.1, 0.15) is 11.4 Å². The summed E-state index contributed by atoms with van der Waals surface area (Å²) in [7, 11) is 0. The summed E-state index contributed by atoms with van der Waals surface area (Å²) in [5.74, 6) is 0.492. The van der Waals surface area contributed by atoms with E-state index in [0.29, 0.717) is 5.89 Å². The summed E-state index contributed by atoms with van der Waals surface area (Å²) in [4.78, 5) is 3.92. The van der Waals surface area contributed by atoms with E-state index in [2.05, 4.69) is 20.3 Å². The van der Waals surface area contributed by atoms with E-state index in [9.17, 15) is 0 Å². The molecule has 6 heteroatoms. The molecule has 14 heavy (non-hydrogen) atoms. The van der Waals surface area contributed by atoms with Gasteiger partial charge in [-0.15, -0.1) is 0 Å². The Morgan fingerprint density at radius 3 is 2.71 bits per heavy atom. The highest BCUT2D eigenvalue weighted by molar-refractivity contribution is 5.56. The van der Waals surface area contributed by atoms with Crippen molar-refractivity contribution in [1.29, 1.82) is 0 Å². The van der Waals surface area contributed by atoms with Gasteiger partial charge in [-0.25, -0.2) is 0 Å². The third-order valence-electron chi connectivity index (χ3n) is 1.77. The number of aryl methyl sites for hydroxylation is 2. The van der Waals surface area contributed by atoms with Gasteiger partial charge < -0.3 is 10.3 Å². The molecule has 0 amide bonds. The zero-order valence-corrected chi connectivity index (χ0v) is 7.85. The predicted molar refractivity (Wildman–Crippen MR) is 49.2 cm³/mol. The average Bonchev–Trinajstić information content (AvgIpc) is 2.56. The van der Waals surface area contributed by atoms with Gasteiger partial charge in [0.1, 0.15) is 0 Å². The Bertz CT molecular complexity index is 465. The highest BCUT2D eigenvalue weighted by Gasteiger charge is 2.11. The molecule has 0 atom stereocenters. The van der Waals surface area contributed by atoms with Crippen molar-refractivity contribution in [1.82, 2.24) is 20.3 Å². The van der Waals surface area contributed by atoms with Crippen molar-refractivity contribution in [3.8, 4) is 11.5 Å². The Hall–Kier alpha value is -1.98.